The largest absolute Gasteiger partial charge is 0.337 e. The maximum absolute atomic E-state index is 12.6. The lowest BCUT2D eigenvalue weighted by atomic mass is 10.1. The molecule has 0 fully saturated rings. The predicted octanol–water partition coefficient (Wildman–Crippen LogP) is 2.69. The van der Waals surface area contributed by atoms with E-state index in [1.807, 2.05) is 42.5 Å². The number of nitrogens with zero attached hydrogens (tertiary/aromatic N) is 1. The van der Waals surface area contributed by atoms with Gasteiger partial charge in [0.15, 0.2) is 0 Å². The van der Waals surface area contributed by atoms with Crippen LogP contribution in [0.4, 0.5) is 16.2 Å². The van der Waals surface area contributed by atoms with Crippen LogP contribution in [0.25, 0.3) is 0 Å². The van der Waals surface area contributed by atoms with Gasteiger partial charge in [0.25, 0.3) is 0 Å². The molecule has 2 aromatic carbocycles. The number of hydrogen-bond donors (Lipinski definition) is 2. The van der Waals surface area contributed by atoms with E-state index in [1.165, 1.54) is 15.4 Å². The number of hydrogen-bond acceptors (Lipinski definition) is 3. The number of urea groups is 1. The van der Waals surface area contributed by atoms with Crippen molar-refractivity contribution in [2.45, 2.75) is 25.7 Å². The number of para-hydroxylation sites is 1. The first kappa shape index (κ1) is 17.9. The third-order valence-electron chi connectivity index (χ3n) is 5.18. The molecule has 7 heteroatoms. The Morgan fingerprint density at radius 1 is 1.00 bits per heavy atom. The number of fused-ring (bicyclic) bond motifs is 2. The maximum atomic E-state index is 12.6. The van der Waals surface area contributed by atoms with Gasteiger partial charge >= 0.3 is 6.03 Å². The van der Waals surface area contributed by atoms with Crippen molar-refractivity contribution in [2.24, 2.45) is 0 Å². The molecule has 0 radical (unpaired) electrons. The summed E-state index contributed by atoms with van der Waals surface area (Å²) >= 11 is 0. The van der Waals surface area contributed by atoms with Gasteiger partial charge in [-0.2, -0.15) is 0 Å². The first-order valence-electron chi connectivity index (χ1n) is 9.28. The molecule has 0 saturated heterocycles. The fraction of sp³-hybridized carbons (Fsp3) is 0.350. The minimum Gasteiger partial charge on any atom is -0.337 e. The molecule has 1 heterocycles. The van der Waals surface area contributed by atoms with Gasteiger partial charge < -0.3 is 10.6 Å². The molecule has 142 valence electrons. The molecular formula is C20H23N3O3S. The van der Waals surface area contributed by atoms with Gasteiger partial charge in [-0.15, -0.1) is 0 Å². The van der Waals surface area contributed by atoms with Crippen LogP contribution in [0.3, 0.4) is 0 Å². The lowest BCUT2D eigenvalue weighted by Gasteiger charge is -2.19. The zero-order valence-electron chi connectivity index (χ0n) is 15.1. The summed E-state index contributed by atoms with van der Waals surface area (Å²) in [7, 11) is -3.46. The predicted molar refractivity (Wildman–Crippen MR) is 107 cm³/mol. The number of sulfonamides is 1. The van der Waals surface area contributed by atoms with E-state index in [-0.39, 0.29) is 18.3 Å². The van der Waals surface area contributed by atoms with Crippen LogP contribution in [-0.2, 0) is 29.3 Å². The highest BCUT2D eigenvalue weighted by molar-refractivity contribution is 7.92. The van der Waals surface area contributed by atoms with Crippen molar-refractivity contribution in [2.75, 3.05) is 28.5 Å². The Bertz CT molecular complexity index is 972. The number of anilines is 2. The molecule has 4 rings (SSSR count). The fourth-order valence-electron chi connectivity index (χ4n) is 3.83. The number of amides is 2. The highest BCUT2D eigenvalue weighted by Crippen LogP contribution is 2.30. The van der Waals surface area contributed by atoms with Crippen molar-refractivity contribution in [3.05, 3.63) is 59.2 Å². The van der Waals surface area contributed by atoms with Gasteiger partial charge in [0.05, 0.1) is 11.4 Å². The Hall–Kier alpha value is -2.54. The van der Waals surface area contributed by atoms with E-state index in [9.17, 15) is 13.2 Å². The number of aryl methyl sites for hydroxylation is 2. The summed E-state index contributed by atoms with van der Waals surface area (Å²) in [6.45, 7) is 0.529. The summed E-state index contributed by atoms with van der Waals surface area (Å²) in [6.07, 6.45) is 4.02. The standard InChI is InChI=1S/C20H23N3O3S/c24-20(22-18-9-8-15-5-3-6-17(15)14-18)21-11-13-27(25,26)23-12-10-16-4-1-2-7-19(16)23/h1-2,4,7-9,14H,3,5-6,10-13H2,(H2,21,22,24). The second-order valence-corrected chi connectivity index (χ2v) is 9.00. The first-order valence-corrected chi connectivity index (χ1v) is 10.9. The molecule has 0 atom stereocenters. The van der Waals surface area contributed by atoms with E-state index >= 15 is 0 Å². The molecule has 2 aromatic rings. The van der Waals surface area contributed by atoms with Crippen LogP contribution in [0.1, 0.15) is 23.1 Å². The molecule has 0 spiro atoms. The van der Waals surface area contributed by atoms with Crippen molar-refractivity contribution in [1.29, 1.82) is 0 Å². The average molecular weight is 385 g/mol. The van der Waals surface area contributed by atoms with Crippen LogP contribution in [0.2, 0.25) is 0 Å². The van der Waals surface area contributed by atoms with Gasteiger partial charge in [0.1, 0.15) is 0 Å². The number of rotatable bonds is 5. The van der Waals surface area contributed by atoms with E-state index in [2.05, 4.69) is 10.6 Å². The Balaban J connectivity index is 1.31. The van der Waals surface area contributed by atoms with Gasteiger partial charge in [-0.3, -0.25) is 4.31 Å². The minimum atomic E-state index is -3.46. The number of carbonyl (C=O) groups is 1. The fourth-order valence-corrected chi connectivity index (χ4v) is 5.25. The molecule has 6 nitrogen and oxygen atoms in total. The van der Waals surface area contributed by atoms with Gasteiger partial charge in [-0.1, -0.05) is 24.3 Å². The molecule has 27 heavy (non-hydrogen) atoms. The van der Waals surface area contributed by atoms with Crippen LogP contribution in [0.15, 0.2) is 42.5 Å². The summed E-state index contributed by atoms with van der Waals surface area (Å²) in [5.41, 5.74) is 5.16. The van der Waals surface area contributed by atoms with Crippen LogP contribution in [0, 0.1) is 0 Å². The van der Waals surface area contributed by atoms with Crippen molar-refractivity contribution >= 4 is 27.4 Å². The van der Waals surface area contributed by atoms with Crippen molar-refractivity contribution in [3.63, 3.8) is 0 Å². The summed E-state index contributed by atoms with van der Waals surface area (Å²) in [4.78, 5) is 12.1. The Morgan fingerprint density at radius 3 is 2.70 bits per heavy atom. The number of benzene rings is 2. The van der Waals surface area contributed by atoms with E-state index in [0.29, 0.717) is 6.54 Å². The van der Waals surface area contributed by atoms with Crippen molar-refractivity contribution in [3.8, 4) is 0 Å². The monoisotopic (exact) mass is 385 g/mol. The third-order valence-corrected chi connectivity index (χ3v) is 6.95. The lowest BCUT2D eigenvalue weighted by molar-refractivity contribution is 0.252. The van der Waals surface area contributed by atoms with Crippen molar-refractivity contribution < 1.29 is 13.2 Å². The van der Waals surface area contributed by atoms with E-state index in [4.69, 9.17) is 0 Å². The second-order valence-electron chi connectivity index (χ2n) is 6.98. The van der Waals surface area contributed by atoms with Gasteiger partial charge in [0.2, 0.25) is 10.0 Å². The van der Waals surface area contributed by atoms with Gasteiger partial charge in [0, 0.05) is 18.8 Å². The molecule has 1 aliphatic carbocycles. The van der Waals surface area contributed by atoms with Gasteiger partial charge in [-0.05, 0) is 60.6 Å². The zero-order chi connectivity index (χ0) is 18.9. The normalized spacial score (nSPS) is 15.3. The molecule has 1 aliphatic heterocycles. The summed E-state index contributed by atoms with van der Waals surface area (Å²) in [6, 6.07) is 13.1. The quantitative estimate of drug-likeness (QED) is 0.831. The topological polar surface area (TPSA) is 78.5 Å². The molecule has 2 N–H and O–H groups in total. The van der Waals surface area contributed by atoms with Crippen LogP contribution in [-0.4, -0.2) is 33.3 Å². The van der Waals surface area contributed by atoms with Crippen LogP contribution < -0.4 is 14.9 Å². The molecule has 0 unspecified atom stereocenters. The first-order chi connectivity index (χ1) is 13.0. The molecule has 0 saturated carbocycles. The molecule has 2 amide bonds. The second kappa shape index (κ2) is 7.23. The van der Waals surface area contributed by atoms with Crippen LogP contribution >= 0.6 is 0 Å². The zero-order valence-corrected chi connectivity index (χ0v) is 15.9. The van der Waals surface area contributed by atoms with E-state index in [0.717, 1.165) is 42.6 Å². The third kappa shape index (κ3) is 3.78. The minimum absolute atomic E-state index is 0.0672. The number of nitrogens with one attached hydrogen (secondary N) is 2. The SMILES string of the molecule is O=C(NCCS(=O)(=O)N1CCc2ccccc21)Nc1ccc2c(c1)CCC2. The van der Waals surface area contributed by atoms with E-state index in [1.54, 1.807) is 0 Å². The average Bonchev–Trinajstić information content (AvgIpc) is 3.28. The lowest BCUT2D eigenvalue weighted by Crippen LogP contribution is -2.38. The number of carbonyl (C=O) groups excluding carboxylic acids is 1. The van der Waals surface area contributed by atoms with Crippen molar-refractivity contribution in [1.82, 2.24) is 5.32 Å². The van der Waals surface area contributed by atoms with Crippen LogP contribution in [0.5, 0.6) is 0 Å². The van der Waals surface area contributed by atoms with Gasteiger partial charge in [-0.25, -0.2) is 13.2 Å². The summed E-state index contributed by atoms with van der Waals surface area (Å²) in [5, 5.41) is 5.43. The van der Waals surface area contributed by atoms with E-state index < -0.39 is 10.0 Å². The Labute approximate surface area is 159 Å². The maximum Gasteiger partial charge on any atom is 0.319 e. The smallest absolute Gasteiger partial charge is 0.319 e. The Morgan fingerprint density at radius 2 is 1.81 bits per heavy atom. The molecular weight excluding hydrogens is 362 g/mol. The molecule has 0 aromatic heterocycles. The highest BCUT2D eigenvalue weighted by atomic mass is 32.2. The molecule has 0 bridgehead atoms. The highest BCUT2D eigenvalue weighted by Gasteiger charge is 2.28. The summed E-state index contributed by atoms with van der Waals surface area (Å²) < 4.78 is 26.7. The Kier molecular flexibility index (Phi) is 4.78. The molecule has 2 aliphatic rings. The summed E-state index contributed by atoms with van der Waals surface area (Å²) in [5.74, 6) is -0.126.